The summed E-state index contributed by atoms with van der Waals surface area (Å²) < 4.78 is 0. The van der Waals surface area contributed by atoms with Gasteiger partial charge in [0, 0.05) is 0 Å². The predicted octanol–water partition coefficient (Wildman–Crippen LogP) is 4.79. The van der Waals surface area contributed by atoms with Gasteiger partial charge in [0.05, 0.1) is 13.5 Å². The Morgan fingerprint density at radius 2 is 1.80 bits per heavy atom. The number of halogens is 1. The van der Waals surface area contributed by atoms with Gasteiger partial charge in [0.15, 0.2) is 0 Å². The third kappa shape index (κ3) is 5.19. The Kier molecular flexibility index (Phi) is 4.62. The van der Waals surface area contributed by atoms with Crippen LogP contribution in [0.4, 0.5) is 0 Å². The van der Waals surface area contributed by atoms with Gasteiger partial charge in [0.1, 0.15) is 0 Å². The Labute approximate surface area is 99.0 Å². The second kappa shape index (κ2) is 5.52. The lowest BCUT2D eigenvalue weighted by atomic mass is 10.1. The van der Waals surface area contributed by atoms with Gasteiger partial charge in [-0.05, 0) is 12.0 Å². The monoisotopic (exact) mass is 238 g/mol. The first-order chi connectivity index (χ1) is 6.99. The summed E-state index contributed by atoms with van der Waals surface area (Å²) in [4.78, 5) is 0. The maximum absolute atomic E-state index is 6.30. The summed E-state index contributed by atoms with van der Waals surface area (Å²) in [5.74, 6) is 0. The molecule has 0 aromatic heterocycles. The molecule has 2 heteroatoms. The molecule has 0 aliphatic rings. The van der Waals surface area contributed by atoms with Crippen LogP contribution in [0, 0.1) is 0 Å². The van der Waals surface area contributed by atoms with Crippen LogP contribution in [0.1, 0.15) is 17.4 Å². The van der Waals surface area contributed by atoms with Crippen LogP contribution in [0.5, 0.6) is 0 Å². The molecule has 0 aliphatic heterocycles. The van der Waals surface area contributed by atoms with Crippen molar-refractivity contribution < 1.29 is 0 Å². The van der Waals surface area contributed by atoms with Crippen LogP contribution in [-0.4, -0.2) is 8.07 Å². The first-order valence-corrected chi connectivity index (χ1v) is 9.37. The van der Waals surface area contributed by atoms with Crippen LogP contribution in [0.25, 0.3) is 0 Å². The van der Waals surface area contributed by atoms with E-state index < -0.39 is 8.07 Å². The van der Waals surface area contributed by atoms with E-state index in [1.165, 1.54) is 5.56 Å². The molecule has 1 aromatic rings. The van der Waals surface area contributed by atoms with Gasteiger partial charge in [-0.1, -0.05) is 61.7 Å². The van der Waals surface area contributed by atoms with Gasteiger partial charge in [-0.3, -0.25) is 0 Å². The van der Waals surface area contributed by atoms with Crippen molar-refractivity contribution in [1.82, 2.24) is 0 Å². The molecule has 15 heavy (non-hydrogen) atoms. The van der Waals surface area contributed by atoms with Crippen molar-refractivity contribution in [3.05, 3.63) is 47.7 Å². The van der Waals surface area contributed by atoms with Crippen molar-refractivity contribution in [2.45, 2.75) is 31.4 Å². The van der Waals surface area contributed by atoms with E-state index in [1.807, 2.05) is 18.2 Å². The average Bonchev–Trinajstić information content (AvgIpc) is 2.17. The molecule has 0 spiro atoms. The average molecular weight is 239 g/mol. The highest BCUT2D eigenvalue weighted by molar-refractivity contribution is 6.80. The van der Waals surface area contributed by atoms with Crippen LogP contribution in [-0.2, 0) is 0 Å². The van der Waals surface area contributed by atoms with Gasteiger partial charge >= 0.3 is 0 Å². The highest BCUT2D eigenvalue weighted by Crippen LogP contribution is 2.24. The van der Waals surface area contributed by atoms with Crippen LogP contribution in [0.3, 0.4) is 0 Å². The molecule has 0 saturated carbocycles. The lowest BCUT2D eigenvalue weighted by molar-refractivity contribution is 0.957. The molecule has 1 aromatic carbocycles. The summed E-state index contributed by atoms with van der Waals surface area (Å²) in [6.45, 7) is 6.99. The van der Waals surface area contributed by atoms with Gasteiger partial charge in [0.2, 0.25) is 0 Å². The summed E-state index contributed by atoms with van der Waals surface area (Å²) in [5, 5.41) is 0.110. The molecule has 0 fully saturated rings. The Morgan fingerprint density at radius 1 is 1.20 bits per heavy atom. The summed E-state index contributed by atoms with van der Waals surface area (Å²) in [6.07, 6.45) is 3.16. The van der Waals surface area contributed by atoms with Crippen molar-refractivity contribution in [2.75, 3.05) is 0 Å². The van der Waals surface area contributed by atoms with Gasteiger partial charge in [-0.15, -0.1) is 11.6 Å². The van der Waals surface area contributed by atoms with Crippen LogP contribution in [0.15, 0.2) is 42.1 Å². The van der Waals surface area contributed by atoms with Crippen molar-refractivity contribution in [3.8, 4) is 0 Å². The first kappa shape index (κ1) is 12.5. The number of hydrogen-bond donors (Lipinski definition) is 0. The van der Waals surface area contributed by atoms with E-state index in [9.17, 15) is 0 Å². The zero-order valence-corrected chi connectivity index (χ0v) is 11.5. The third-order valence-electron chi connectivity index (χ3n) is 2.12. The topological polar surface area (TPSA) is 0 Å². The number of benzene rings is 1. The molecule has 0 radical (unpaired) electrons. The minimum absolute atomic E-state index is 0.110. The lowest BCUT2D eigenvalue weighted by Crippen LogP contribution is -2.15. The number of hydrogen-bond acceptors (Lipinski definition) is 0. The van der Waals surface area contributed by atoms with Crippen molar-refractivity contribution >= 4 is 19.7 Å². The Morgan fingerprint density at radius 3 is 2.33 bits per heavy atom. The highest BCUT2D eigenvalue weighted by atomic mass is 35.5. The fourth-order valence-corrected chi connectivity index (χ4v) is 2.43. The Bertz CT molecular complexity index is 311. The van der Waals surface area contributed by atoms with Crippen molar-refractivity contribution in [3.63, 3.8) is 0 Å². The van der Waals surface area contributed by atoms with Crippen molar-refractivity contribution in [2.24, 2.45) is 0 Å². The largest absolute Gasteiger partial charge is 0.117 e. The molecule has 0 heterocycles. The molecule has 82 valence electrons. The lowest BCUT2D eigenvalue weighted by Gasteiger charge is -2.10. The van der Waals surface area contributed by atoms with E-state index in [1.54, 1.807) is 0 Å². The van der Waals surface area contributed by atoms with Crippen LogP contribution < -0.4 is 0 Å². The molecule has 0 amide bonds. The molecular weight excluding hydrogens is 220 g/mol. The van der Waals surface area contributed by atoms with E-state index >= 15 is 0 Å². The van der Waals surface area contributed by atoms with Gasteiger partial charge in [0.25, 0.3) is 0 Å². The molecule has 0 saturated heterocycles. The zero-order valence-electron chi connectivity index (χ0n) is 9.70. The maximum Gasteiger partial charge on any atom is 0.0682 e. The zero-order chi connectivity index (χ0) is 11.3. The molecule has 1 atom stereocenters. The molecule has 1 unspecified atom stereocenters. The minimum atomic E-state index is -1.06. The third-order valence-corrected chi connectivity index (χ3v) is 3.79. The fraction of sp³-hybridized carbons (Fsp3) is 0.385. The number of allylic oxidation sites excluding steroid dienone is 1. The van der Waals surface area contributed by atoms with E-state index in [4.69, 9.17) is 11.6 Å². The van der Waals surface area contributed by atoms with Gasteiger partial charge in [-0.25, -0.2) is 0 Å². The van der Waals surface area contributed by atoms with Crippen molar-refractivity contribution in [1.29, 1.82) is 0 Å². The Hall–Kier alpha value is -0.533. The fourth-order valence-electron chi connectivity index (χ4n) is 1.34. The first-order valence-electron chi connectivity index (χ1n) is 5.36. The second-order valence-corrected chi connectivity index (χ2v) is 10.5. The quantitative estimate of drug-likeness (QED) is 0.523. The standard InChI is InChI=1S/C13H19ClSi/c1-15(2,3)11-7-10-13(14)12-8-5-4-6-9-12/h4-9,11,13H,10H2,1-3H3/b11-7+. The minimum Gasteiger partial charge on any atom is -0.117 e. The van der Waals surface area contributed by atoms with E-state index in [2.05, 4.69) is 43.5 Å². The SMILES string of the molecule is C[Si](C)(C)/C=C/CC(Cl)c1ccccc1. The van der Waals surface area contributed by atoms with Gasteiger partial charge < -0.3 is 0 Å². The van der Waals surface area contributed by atoms with E-state index in [0.29, 0.717) is 0 Å². The number of alkyl halides is 1. The Balaban J connectivity index is 2.51. The molecule has 0 bridgehead atoms. The summed E-state index contributed by atoms with van der Waals surface area (Å²) in [7, 11) is -1.06. The highest BCUT2D eigenvalue weighted by Gasteiger charge is 2.08. The molecule has 0 aliphatic carbocycles. The summed E-state index contributed by atoms with van der Waals surface area (Å²) in [5.41, 5.74) is 3.56. The van der Waals surface area contributed by atoms with E-state index in [-0.39, 0.29) is 5.38 Å². The molecule has 1 rings (SSSR count). The molecular formula is C13H19ClSi. The van der Waals surface area contributed by atoms with Crippen LogP contribution >= 0.6 is 11.6 Å². The van der Waals surface area contributed by atoms with Gasteiger partial charge in [-0.2, -0.15) is 0 Å². The molecule has 0 nitrogen and oxygen atoms in total. The smallest absolute Gasteiger partial charge is 0.0682 e. The number of rotatable bonds is 4. The molecule has 0 N–H and O–H groups in total. The normalized spacial score (nSPS) is 14.4. The van der Waals surface area contributed by atoms with E-state index in [0.717, 1.165) is 6.42 Å². The maximum atomic E-state index is 6.30. The summed E-state index contributed by atoms with van der Waals surface area (Å²) >= 11 is 6.30. The second-order valence-electron chi connectivity index (χ2n) is 4.88. The predicted molar refractivity (Wildman–Crippen MR) is 72.1 cm³/mol. The summed E-state index contributed by atoms with van der Waals surface area (Å²) in [6, 6.07) is 10.3. The van der Waals surface area contributed by atoms with Crippen LogP contribution in [0.2, 0.25) is 19.6 Å².